The fraction of sp³-hybridized carbons (Fsp3) is 0.533. The third-order valence-corrected chi connectivity index (χ3v) is 2.92. The van der Waals surface area contributed by atoms with Crippen LogP contribution in [-0.4, -0.2) is 12.1 Å². The number of ether oxygens (including phenoxy) is 1. The average Bonchev–Trinajstić information content (AvgIpc) is 2.38. The second-order valence-corrected chi connectivity index (χ2v) is 4.84. The van der Waals surface area contributed by atoms with Crippen LogP contribution in [-0.2, 0) is 6.42 Å². The summed E-state index contributed by atoms with van der Waals surface area (Å²) in [5.74, 6) is 0.921. The van der Waals surface area contributed by atoms with Crippen molar-refractivity contribution in [2.45, 2.75) is 45.1 Å². The van der Waals surface area contributed by atoms with Gasteiger partial charge in [-0.25, -0.2) is 0 Å². The lowest BCUT2D eigenvalue weighted by Gasteiger charge is -2.14. The molecule has 0 amide bonds. The van der Waals surface area contributed by atoms with Crippen LogP contribution < -0.4 is 10.5 Å². The molecule has 0 saturated heterocycles. The lowest BCUT2D eigenvalue weighted by molar-refractivity contribution is 0.300. The zero-order valence-corrected chi connectivity index (χ0v) is 11.3. The summed E-state index contributed by atoms with van der Waals surface area (Å²) < 4.78 is 5.67. The lowest BCUT2D eigenvalue weighted by Crippen LogP contribution is -2.33. The number of unbranched alkanes of at least 4 members (excludes halogenated alkanes) is 1. The minimum absolute atomic E-state index is 0.675. The molecule has 1 aromatic carbocycles. The normalized spacial score (nSPS) is 13.7. The van der Waals surface area contributed by atoms with E-state index in [0.717, 1.165) is 25.0 Å². The van der Waals surface area contributed by atoms with Crippen molar-refractivity contribution in [3.05, 3.63) is 29.8 Å². The minimum atomic E-state index is -0.706. The molecule has 0 saturated carbocycles. The summed E-state index contributed by atoms with van der Waals surface area (Å²) in [5, 5.41) is 8.78. The van der Waals surface area contributed by atoms with E-state index in [1.807, 2.05) is 12.1 Å². The molecule has 0 heterocycles. The van der Waals surface area contributed by atoms with Crippen LogP contribution in [0.25, 0.3) is 0 Å². The summed E-state index contributed by atoms with van der Waals surface area (Å²) in [6.07, 6.45) is 3.56. The quantitative estimate of drug-likeness (QED) is 0.752. The van der Waals surface area contributed by atoms with Crippen molar-refractivity contribution >= 4 is 0 Å². The van der Waals surface area contributed by atoms with Gasteiger partial charge in [-0.05, 0) is 50.3 Å². The monoisotopic (exact) mass is 246 g/mol. The van der Waals surface area contributed by atoms with Crippen molar-refractivity contribution in [3.8, 4) is 11.8 Å². The Balaban J connectivity index is 2.24. The first-order valence-electron chi connectivity index (χ1n) is 6.49. The Morgan fingerprint density at radius 3 is 2.83 bits per heavy atom. The van der Waals surface area contributed by atoms with Gasteiger partial charge in [0.15, 0.2) is 0 Å². The first kappa shape index (κ1) is 14.5. The number of aryl methyl sites for hydroxylation is 1. The van der Waals surface area contributed by atoms with Gasteiger partial charge in [0.05, 0.1) is 12.7 Å². The van der Waals surface area contributed by atoms with Gasteiger partial charge in [0.2, 0.25) is 0 Å². The van der Waals surface area contributed by atoms with E-state index in [1.54, 1.807) is 6.92 Å². The number of rotatable bonds is 7. The molecule has 3 nitrogen and oxygen atoms in total. The number of hydrogen-bond acceptors (Lipinski definition) is 3. The zero-order valence-electron chi connectivity index (χ0n) is 11.3. The number of hydrogen-bond donors (Lipinski definition) is 1. The van der Waals surface area contributed by atoms with E-state index < -0.39 is 5.54 Å². The van der Waals surface area contributed by atoms with Crippen LogP contribution in [0.1, 0.15) is 38.7 Å². The molecule has 0 aliphatic heterocycles. The Hall–Kier alpha value is -1.53. The SMILES string of the molecule is CCc1cccc(OCCCCC(C)(N)C#N)c1. The van der Waals surface area contributed by atoms with E-state index in [2.05, 4.69) is 25.1 Å². The van der Waals surface area contributed by atoms with Gasteiger partial charge in [0.1, 0.15) is 11.3 Å². The Morgan fingerprint density at radius 1 is 1.39 bits per heavy atom. The highest BCUT2D eigenvalue weighted by atomic mass is 16.5. The molecule has 18 heavy (non-hydrogen) atoms. The predicted molar refractivity (Wildman–Crippen MR) is 73.4 cm³/mol. The maximum atomic E-state index is 8.78. The summed E-state index contributed by atoms with van der Waals surface area (Å²) in [7, 11) is 0. The van der Waals surface area contributed by atoms with Crippen molar-refractivity contribution in [3.63, 3.8) is 0 Å². The maximum Gasteiger partial charge on any atom is 0.119 e. The fourth-order valence-corrected chi connectivity index (χ4v) is 1.70. The first-order valence-corrected chi connectivity index (χ1v) is 6.49. The smallest absolute Gasteiger partial charge is 0.119 e. The van der Waals surface area contributed by atoms with E-state index >= 15 is 0 Å². The average molecular weight is 246 g/mol. The molecule has 98 valence electrons. The van der Waals surface area contributed by atoms with Gasteiger partial charge in [-0.2, -0.15) is 5.26 Å². The molecule has 1 atom stereocenters. The third-order valence-electron chi connectivity index (χ3n) is 2.92. The molecule has 2 N–H and O–H groups in total. The van der Waals surface area contributed by atoms with Crippen LogP contribution in [0.5, 0.6) is 5.75 Å². The van der Waals surface area contributed by atoms with Crippen molar-refractivity contribution in [2.75, 3.05) is 6.61 Å². The number of benzene rings is 1. The molecule has 1 aromatic rings. The van der Waals surface area contributed by atoms with Gasteiger partial charge in [0, 0.05) is 0 Å². The molecule has 0 aromatic heterocycles. The van der Waals surface area contributed by atoms with Crippen molar-refractivity contribution in [2.24, 2.45) is 5.73 Å². The van der Waals surface area contributed by atoms with Crippen LogP contribution in [0, 0.1) is 11.3 Å². The topological polar surface area (TPSA) is 59.0 Å². The van der Waals surface area contributed by atoms with Crippen molar-refractivity contribution in [1.82, 2.24) is 0 Å². The number of nitrogens with zero attached hydrogens (tertiary/aromatic N) is 1. The Kier molecular flexibility index (Phi) is 5.67. The van der Waals surface area contributed by atoms with E-state index in [1.165, 1.54) is 5.56 Å². The summed E-state index contributed by atoms with van der Waals surface area (Å²) in [6, 6.07) is 10.3. The minimum Gasteiger partial charge on any atom is -0.494 e. The fourth-order valence-electron chi connectivity index (χ4n) is 1.70. The van der Waals surface area contributed by atoms with Crippen LogP contribution in [0.2, 0.25) is 0 Å². The number of nitrogens with two attached hydrogens (primary N) is 1. The van der Waals surface area contributed by atoms with E-state index in [-0.39, 0.29) is 0 Å². The summed E-state index contributed by atoms with van der Waals surface area (Å²) in [6.45, 7) is 4.57. The van der Waals surface area contributed by atoms with Gasteiger partial charge in [0.25, 0.3) is 0 Å². The lowest BCUT2D eigenvalue weighted by atomic mass is 9.98. The molecule has 0 aliphatic carbocycles. The predicted octanol–water partition coefficient (Wildman–Crippen LogP) is 3.04. The second kappa shape index (κ2) is 7.03. The molecule has 3 heteroatoms. The van der Waals surface area contributed by atoms with Crippen LogP contribution >= 0.6 is 0 Å². The van der Waals surface area contributed by atoms with Crippen molar-refractivity contribution < 1.29 is 4.74 Å². The van der Waals surface area contributed by atoms with E-state index in [4.69, 9.17) is 15.7 Å². The standard InChI is InChI=1S/C15H22N2O/c1-3-13-7-6-8-14(11-13)18-10-5-4-9-15(2,17)12-16/h6-8,11H,3-5,9-10,17H2,1-2H3. The first-order chi connectivity index (χ1) is 8.57. The highest BCUT2D eigenvalue weighted by Gasteiger charge is 2.15. The molecule has 0 aliphatic rings. The molecule has 0 fully saturated rings. The maximum absolute atomic E-state index is 8.78. The third kappa shape index (κ3) is 5.20. The van der Waals surface area contributed by atoms with Gasteiger partial charge in [-0.15, -0.1) is 0 Å². The zero-order chi connectivity index (χ0) is 13.4. The van der Waals surface area contributed by atoms with Crippen molar-refractivity contribution in [1.29, 1.82) is 5.26 Å². The van der Waals surface area contributed by atoms with Crippen LogP contribution in [0.3, 0.4) is 0 Å². The summed E-state index contributed by atoms with van der Waals surface area (Å²) >= 11 is 0. The van der Waals surface area contributed by atoms with Gasteiger partial charge < -0.3 is 10.5 Å². The van der Waals surface area contributed by atoms with E-state index in [9.17, 15) is 0 Å². The molecule has 0 spiro atoms. The number of nitriles is 1. The van der Waals surface area contributed by atoms with Gasteiger partial charge >= 0.3 is 0 Å². The highest BCUT2D eigenvalue weighted by molar-refractivity contribution is 5.28. The molecule has 0 radical (unpaired) electrons. The van der Waals surface area contributed by atoms with E-state index in [0.29, 0.717) is 13.0 Å². The summed E-state index contributed by atoms with van der Waals surface area (Å²) in [5.41, 5.74) is 6.32. The molecule has 1 unspecified atom stereocenters. The molecule has 0 bridgehead atoms. The Labute approximate surface area is 110 Å². The Morgan fingerprint density at radius 2 is 2.17 bits per heavy atom. The molecular formula is C15H22N2O. The Bertz CT molecular complexity index is 407. The molecule has 1 rings (SSSR count). The van der Waals surface area contributed by atoms with Crippen LogP contribution in [0.15, 0.2) is 24.3 Å². The van der Waals surface area contributed by atoms with Crippen LogP contribution in [0.4, 0.5) is 0 Å². The van der Waals surface area contributed by atoms with Gasteiger partial charge in [-0.3, -0.25) is 0 Å². The summed E-state index contributed by atoms with van der Waals surface area (Å²) in [4.78, 5) is 0. The van der Waals surface area contributed by atoms with Gasteiger partial charge in [-0.1, -0.05) is 19.1 Å². The largest absolute Gasteiger partial charge is 0.494 e. The highest BCUT2D eigenvalue weighted by Crippen LogP contribution is 2.15. The molecular weight excluding hydrogens is 224 g/mol. The second-order valence-electron chi connectivity index (χ2n) is 4.84.